The van der Waals surface area contributed by atoms with Crippen LogP contribution < -0.4 is 4.90 Å². The number of imidazole rings is 1. The Morgan fingerprint density at radius 2 is 2.20 bits per heavy atom. The van der Waals surface area contributed by atoms with E-state index in [2.05, 4.69) is 36.4 Å². The molecule has 1 aromatic carbocycles. The van der Waals surface area contributed by atoms with Gasteiger partial charge in [-0.3, -0.25) is 0 Å². The summed E-state index contributed by atoms with van der Waals surface area (Å²) in [5, 5.41) is 0.978. The topological polar surface area (TPSA) is 66.9 Å². The zero-order valence-electron chi connectivity index (χ0n) is 14.2. The molecule has 4 rings (SSSR count). The maximum absolute atomic E-state index is 5.11. The van der Waals surface area contributed by atoms with Gasteiger partial charge in [-0.25, -0.2) is 9.97 Å². The van der Waals surface area contributed by atoms with Crippen LogP contribution in [0.4, 0.5) is 5.13 Å². The average molecular weight is 355 g/mol. The van der Waals surface area contributed by atoms with E-state index < -0.39 is 0 Å². The second-order valence-electron chi connectivity index (χ2n) is 6.26. The van der Waals surface area contributed by atoms with Gasteiger partial charge in [0.05, 0.1) is 11.9 Å². The number of aromatic amines is 1. The van der Waals surface area contributed by atoms with Gasteiger partial charge in [-0.1, -0.05) is 30.3 Å². The van der Waals surface area contributed by atoms with Gasteiger partial charge in [0.1, 0.15) is 12.4 Å². The molecule has 130 valence electrons. The zero-order valence-corrected chi connectivity index (χ0v) is 15.0. The van der Waals surface area contributed by atoms with Crippen molar-refractivity contribution in [1.82, 2.24) is 19.3 Å². The van der Waals surface area contributed by atoms with Gasteiger partial charge >= 0.3 is 0 Å². The molecule has 1 atom stereocenters. The van der Waals surface area contributed by atoms with Crippen molar-refractivity contribution >= 4 is 16.7 Å². The Morgan fingerprint density at radius 3 is 3.04 bits per heavy atom. The largest absolute Gasteiger partial charge is 0.377 e. The van der Waals surface area contributed by atoms with Crippen molar-refractivity contribution in [2.45, 2.75) is 25.4 Å². The zero-order chi connectivity index (χ0) is 17.1. The molecular weight excluding hydrogens is 334 g/mol. The van der Waals surface area contributed by atoms with E-state index in [-0.39, 0.29) is 0 Å². The maximum atomic E-state index is 5.11. The van der Waals surface area contributed by atoms with E-state index in [1.807, 2.05) is 24.4 Å². The Hall–Kier alpha value is -2.25. The molecular formula is C18H21N5OS. The molecule has 1 fully saturated rings. The van der Waals surface area contributed by atoms with Gasteiger partial charge in [-0.15, -0.1) is 0 Å². The Bertz CT molecular complexity index is 816. The molecule has 0 spiro atoms. The third-order valence-electron chi connectivity index (χ3n) is 4.49. The number of H-pyrrole nitrogens is 1. The fraction of sp³-hybridized carbons (Fsp3) is 0.389. The molecule has 0 bridgehead atoms. The monoisotopic (exact) mass is 355 g/mol. The number of nitrogens with one attached hydrogen (secondary N) is 1. The van der Waals surface area contributed by atoms with Crippen molar-refractivity contribution in [3.05, 3.63) is 48.2 Å². The van der Waals surface area contributed by atoms with E-state index in [0.29, 0.717) is 12.5 Å². The predicted octanol–water partition coefficient (Wildman–Crippen LogP) is 3.46. The lowest BCUT2D eigenvalue weighted by Crippen LogP contribution is -2.34. The first kappa shape index (κ1) is 16.2. The summed E-state index contributed by atoms with van der Waals surface area (Å²) in [5.74, 6) is 2.21. The molecule has 1 unspecified atom stereocenters. The van der Waals surface area contributed by atoms with Crippen LogP contribution >= 0.6 is 11.5 Å². The Labute approximate surface area is 151 Å². The molecule has 6 nitrogen and oxygen atoms in total. The minimum atomic E-state index is 0.390. The molecule has 3 heterocycles. The van der Waals surface area contributed by atoms with Gasteiger partial charge in [0.15, 0.2) is 5.82 Å². The third-order valence-corrected chi connectivity index (χ3v) is 5.30. The average Bonchev–Trinajstić information content (AvgIpc) is 3.33. The third kappa shape index (κ3) is 3.57. The van der Waals surface area contributed by atoms with Crippen LogP contribution in [0.5, 0.6) is 0 Å². The first-order valence-corrected chi connectivity index (χ1v) is 9.27. The number of piperidine rings is 1. The van der Waals surface area contributed by atoms with E-state index in [9.17, 15) is 0 Å². The van der Waals surface area contributed by atoms with Crippen molar-refractivity contribution < 1.29 is 4.74 Å². The summed E-state index contributed by atoms with van der Waals surface area (Å²) in [6.45, 7) is 2.40. The van der Waals surface area contributed by atoms with Crippen molar-refractivity contribution in [1.29, 1.82) is 0 Å². The summed E-state index contributed by atoms with van der Waals surface area (Å²) < 4.78 is 9.48. The summed E-state index contributed by atoms with van der Waals surface area (Å²) in [6, 6.07) is 10.3. The molecule has 7 heteroatoms. The standard InChI is InChI=1S/C18H21N5OS/c1-24-12-16-21-18(25-22-16)23-9-5-8-14(11-23)17-19-10-15(20-17)13-6-3-2-4-7-13/h2-4,6-7,10,14H,5,8-9,11-12H2,1H3,(H,19,20). The van der Waals surface area contributed by atoms with Crippen LogP contribution in [-0.4, -0.2) is 39.5 Å². The summed E-state index contributed by atoms with van der Waals surface area (Å²) >= 11 is 1.45. The number of hydrogen-bond acceptors (Lipinski definition) is 6. The highest BCUT2D eigenvalue weighted by Crippen LogP contribution is 2.30. The summed E-state index contributed by atoms with van der Waals surface area (Å²) in [7, 11) is 1.67. The van der Waals surface area contributed by atoms with Gasteiger partial charge in [-0.05, 0) is 18.4 Å². The number of anilines is 1. The van der Waals surface area contributed by atoms with Gasteiger partial charge < -0.3 is 14.6 Å². The molecule has 0 aliphatic carbocycles. The lowest BCUT2D eigenvalue weighted by Gasteiger charge is -2.31. The summed E-state index contributed by atoms with van der Waals surface area (Å²) in [4.78, 5) is 15.0. The van der Waals surface area contributed by atoms with E-state index >= 15 is 0 Å². The van der Waals surface area contributed by atoms with Crippen molar-refractivity contribution in [3.63, 3.8) is 0 Å². The number of aromatic nitrogens is 4. The molecule has 25 heavy (non-hydrogen) atoms. The normalized spacial score (nSPS) is 17.8. The van der Waals surface area contributed by atoms with Crippen LogP contribution in [0.2, 0.25) is 0 Å². The Balaban J connectivity index is 1.48. The maximum Gasteiger partial charge on any atom is 0.205 e. The highest BCUT2D eigenvalue weighted by molar-refractivity contribution is 7.09. The number of rotatable bonds is 5. The lowest BCUT2D eigenvalue weighted by molar-refractivity contribution is 0.179. The molecule has 0 saturated carbocycles. The molecule has 0 amide bonds. The first-order chi connectivity index (χ1) is 12.3. The Kier molecular flexibility index (Phi) is 4.76. The second kappa shape index (κ2) is 7.33. The number of nitrogens with zero attached hydrogens (tertiary/aromatic N) is 4. The van der Waals surface area contributed by atoms with Crippen molar-refractivity contribution in [2.75, 3.05) is 25.1 Å². The predicted molar refractivity (Wildman–Crippen MR) is 98.8 cm³/mol. The van der Waals surface area contributed by atoms with Gasteiger partial charge in [0.25, 0.3) is 0 Å². The highest BCUT2D eigenvalue weighted by atomic mass is 32.1. The molecule has 1 saturated heterocycles. The van der Waals surface area contributed by atoms with Crippen LogP contribution in [0.25, 0.3) is 11.3 Å². The fourth-order valence-electron chi connectivity index (χ4n) is 3.24. The number of benzene rings is 1. The second-order valence-corrected chi connectivity index (χ2v) is 6.99. The van der Waals surface area contributed by atoms with Gasteiger partial charge in [0, 0.05) is 37.6 Å². The van der Waals surface area contributed by atoms with Crippen molar-refractivity contribution in [2.24, 2.45) is 0 Å². The molecule has 2 aromatic heterocycles. The number of methoxy groups -OCH3 is 1. The van der Waals surface area contributed by atoms with Crippen molar-refractivity contribution in [3.8, 4) is 11.3 Å². The lowest BCUT2D eigenvalue weighted by atomic mass is 9.98. The van der Waals surface area contributed by atoms with Crippen LogP contribution in [0, 0.1) is 0 Å². The highest BCUT2D eigenvalue weighted by Gasteiger charge is 2.25. The molecule has 1 N–H and O–H groups in total. The minimum Gasteiger partial charge on any atom is -0.377 e. The van der Waals surface area contributed by atoms with Crippen LogP contribution in [0.3, 0.4) is 0 Å². The fourth-order valence-corrected chi connectivity index (χ4v) is 3.95. The van der Waals surface area contributed by atoms with E-state index in [0.717, 1.165) is 48.4 Å². The SMILES string of the molecule is COCc1nsc(N2CCCC(c3ncc(-c4ccccc4)[nH]3)C2)n1. The summed E-state index contributed by atoms with van der Waals surface area (Å²) in [6.07, 6.45) is 4.21. The molecule has 3 aromatic rings. The van der Waals surface area contributed by atoms with Crippen LogP contribution in [-0.2, 0) is 11.3 Å². The quantitative estimate of drug-likeness (QED) is 0.759. The van der Waals surface area contributed by atoms with Gasteiger partial charge in [0.2, 0.25) is 5.13 Å². The van der Waals surface area contributed by atoms with Crippen LogP contribution in [0.15, 0.2) is 36.5 Å². The van der Waals surface area contributed by atoms with E-state index in [4.69, 9.17) is 4.74 Å². The first-order valence-electron chi connectivity index (χ1n) is 8.50. The molecule has 1 aliphatic rings. The van der Waals surface area contributed by atoms with Crippen LogP contribution in [0.1, 0.15) is 30.4 Å². The van der Waals surface area contributed by atoms with E-state index in [1.165, 1.54) is 17.1 Å². The Morgan fingerprint density at radius 1 is 1.32 bits per heavy atom. The molecule has 1 aliphatic heterocycles. The minimum absolute atomic E-state index is 0.390. The van der Waals surface area contributed by atoms with E-state index in [1.54, 1.807) is 7.11 Å². The number of ether oxygens (including phenoxy) is 1. The number of hydrogen-bond donors (Lipinski definition) is 1. The molecule has 0 radical (unpaired) electrons. The summed E-state index contributed by atoms with van der Waals surface area (Å²) in [5.41, 5.74) is 2.24. The smallest absolute Gasteiger partial charge is 0.205 e. The van der Waals surface area contributed by atoms with Gasteiger partial charge in [-0.2, -0.15) is 4.37 Å².